The zero-order valence-electron chi connectivity index (χ0n) is 10.7. The summed E-state index contributed by atoms with van der Waals surface area (Å²) in [7, 11) is 0. The van der Waals surface area contributed by atoms with Gasteiger partial charge in [-0.2, -0.15) is 0 Å². The second-order valence-corrected chi connectivity index (χ2v) is 6.30. The molecule has 0 saturated heterocycles. The van der Waals surface area contributed by atoms with Crippen LogP contribution in [0.25, 0.3) is 5.65 Å². The van der Waals surface area contributed by atoms with Gasteiger partial charge >= 0.3 is 0 Å². The van der Waals surface area contributed by atoms with Crippen molar-refractivity contribution in [1.29, 1.82) is 0 Å². The van der Waals surface area contributed by atoms with Crippen LogP contribution < -0.4 is 0 Å². The quantitative estimate of drug-likeness (QED) is 0.783. The number of aromatic nitrogens is 3. The molecule has 20 heavy (non-hydrogen) atoms. The van der Waals surface area contributed by atoms with Gasteiger partial charge in [0, 0.05) is 15.6 Å². The number of halogens is 1. The maximum Gasteiger partial charge on any atom is 0.200 e. The second kappa shape index (κ2) is 5.55. The lowest BCUT2D eigenvalue weighted by Crippen LogP contribution is -1.95. The van der Waals surface area contributed by atoms with Crippen molar-refractivity contribution in [2.75, 3.05) is 0 Å². The number of aliphatic hydroxyl groups is 1. The number of aliphatic hydroxyl groups excluding tert-OH is 1. The van der Waals surface area contributed by atoms with E-state index in [1.807, 2.05) is 47.0 Å². The molecule has 0 amide bonds. The molecule has 0 aliphatic rings. The summed E-state index contributed by atoms with van der Waals surface area (Å²) in [4.78, 5) is 0.973. The zero-order chi connectivity index (χ0) is 14.1. The Kier molecular flexibility index (Phi) is 3.78. The molecule has 1 atom stereocenters. The fourth-order valence-electron chi connectivity index (χ4n) is 1.93. The molecular weight excluding hydrogens is 338 g/mol. The molecule has 3 aromatic rings. The predicted octanol–water partition coefficient (Wildman–Crippen LogP) is 3.70. The minimum atomic E-state index is -0.533. The second-order valence-electron chi connectivity index (χ2n) is 4.37. The van der Waals surface area contributed by atoms with Crippen LogP contribution in [0.3, 0.4) is 0 Å². The lowest BCUT2D eigenvalue weighted by molar-refractivity contribution is 0.196. The van der Waals surface area contributed by atoms with Crippen molar-refractivity contribution in [1.82, 2.24) is 14.6 Å². The third-order valence-corrected chi connectivity index (χ3v) is 4.45. The molecular formula is C14H12BrN3OS. The molecule has 0 bridgehead atoms. The van der Waals surface area contributed by atoms with Gasteiger partial charge in [-0.05, 0) is 54.6 Å². The van der Waals surface area contributed by atoms with Crippen LogP contribution in [-0.4, -0.2) is 19.7 Å². The minimum absolute atomic E-state index is 0.533. The Hall–Kier alpha value is -1.37. The van der Waals surface area contributed by atoms with Crippen LogP contribution in [0, 0.1) is 0 Å². The number of pyridine rings is 1. The van der Waals surface area contributed by atoms with Crippen molar-refractivity contribution in [3.63, 3.8) is 0 Å². The van der Waals surface area contributed by atoms with Gasteiger partial charge < -0.3 is 5.11 Å². The predicted molar refractivity (Wildman–Crippen MR) is 81.9 cm³/mol. The molecule has 0 spiro atoms. The Morgan fingerprint density at radius 3 is 2.90 bits per heavy atom. The Balaban J connectivity index is 2.03. The van der Waals surface area contributed by atoms with E-state index < -0.39 is 6.10 Å². The first-order valence-corrected chi connectivity index (χ1v) is 7.71. The molecule has 4 nitrogen and oxygen atoms in total. The average molecular weight is 350 g/mol. The highest BCUT2D eigenvalue weighted by Crippen LogP contribution is 2.34. The van der Waals surface area contributed by atoms with Crippen LogP contribution in [0.15, 0.2) is 57.1 Å². The zero-order valence-corrected chi connectivity index (χ0v) is 13.1. The van der Waals surface area contributed by atoms with Crippen LogP contribution in [0.4, 0.5) is 0 Å². The minimum Gasteiger partial charge on any atom is -0.389 e. The van der Waals surface area contributed by atoms with Gasteiger partial charge in [0.05, 0.1) is 6.10 Å². The maximum atomic E-state index is 9.89. The number of hydrogen-bond donors (Lipinski definition) is 1. The fraction of sp³-hybridized carbons (Fsp3) is 0.143. The Morgan fingerprint density at radius 1 is 1.25 bits per heavy atom. The highest BCUT2D eigenvalue weighted by molar-refractivity contribution is 9.10. The first-order valence-electron chi connectivity index (χ1n) is 6.10. The summed E-state index contributed by atoms with van der Waals surface area (Å²) in [5.74, 6) is 0. The van der Waals surface area contributed by atoms with Crippen molar-refractivity contribution in [3.05, 3.63) is 52.6 Å². The van der Waals surface area contributed by atoms with Crippen molar-refractivity contribution < 1.29 is 5.11 Å². The molecule has 2 heterocycles. The van der Waals surface area contributed by atoms with Gasteiger partial charge in [0.25, 0.3) is 0 Å². The highest BCUT2D eigenvalue weighted by atomic mass is 79.9. The smallest absolute Gasteiger partial charge is 0.200 e. The molecule has 1 N–H and O–H groups in total. The third-order valence-electron chi connectivity index (χ3n) is 2.91. The van der Waals surface area contributed by atoms with E-state index in [-0.39, 0.29) is 0 Å². The van der Waals surface area contributed by atoms with Gasteiger partial charge in [-0.15, -0.1) is 10.2 Å². The van der Waals surface area contributed by atoms with Crippen LogP contribution in [0.1, 0.15) is 18.6 Å². The van der Waals surface area contributed by atoms with E-state index in [0.717, 1.165) is 25.7 Å². The van der Waals surface area contributed by atoms with E-state index >= 15 is 0 Å². The van der Waals surface area contributed by atoms with Gasteiger partial charge in [0.2, 0.25) is 0 Å². The number of benzene rings is 1. The van der Waals surface area contributed by atoms with Crippen LogP contribution in [0.5, 0.6) is 0 Å². The lowest BCUT2D eigenvalue weighted by atomic mass is 10.1. The molecule has 0 saturated carbocycles. The molecule has 6 heteroatoms. The van der Waals surface area contributed by atoms with Gasteiger partial charge in [0.15, 0.2) is 10.8 Å². The highest BCUT2D eigenvalue weighted by Gasteiger charge is 2.13. The molecule has 102 valence electrons. The molecule has 0 aliphatic carbocycles. The van der Waals surface area contributed by atoms with Crippen molar-refractivity contribution in [2.45, 2.75) is 23.1 Å². The van der Waals surface area contributed by atoms with Gasteiger partial charge in [-0.1, -0.05) is 22.0 Å². The van der Waals surface area contributed by atoms with Crippen LogP contribution in [0.2, 0.25) is 0 Å². The number of fused-ring (bicyclic) bond motifs is 1. The number of nitrogens with zero attached hydrogens (tertiary/aromatic N) is 3. The summed E-state index contributed by atoms with van der Waals surface area (Å²) in [6, 6.07) is 11.6. The van der Waals surface area contributed by atoms with Crippen molar-refractivity contribution >= 4 is 33.3 Å². The van der Waals surface area contributed by atoms with Gasteiger partial charge in [-0.3, -0.25) is 4.40 Å². The first-order chi connectivity index (χ1) is 9.65. The SMILES string of the molecule is CC(O)c1cc(Br)ccc1Sc1nnc2ccccn12. The molecule has 1 aromatic carbocycles. The Bertz CT molecular complexity index is 757. The monoisotopic (exact) mass is 349 g/mol. The summed E-state index contributed by atoms with van der Waals surface area (Å²) in [5, 5.41) is 19.0. The summed E-state index contributed by atoms with van der Waals surface area (Å²) < 4.78 is 2.88. The fourth-order valence-corrected chi connectivity index (χ4v) is 3.32. The number of rotatable bonds is 3. The molecule has 3 rings (SSSR count). The maximum absolute atomic E-state index is 9.89. The van der Waals surface area contributed by atoms with E-state index in [0.29, 0.717) is 0 Å². The van der Waals surface area contributed by atoms with Crippen molar-refractivity contribution in [3.8, 4) is 0 Å². The average Bonchev–Trinajstić information content (AvgIpc) is 2.84. The van der Waals surface area contributed by atoms with E-state index in [1.165, 1.54) is 11.8 Å². The first kappa shape index (κ1) is 13.6. The van der Waals surface area contributed by atoms with Gasteiger partial charge in [-0.25, -0.2) is 0 Å². The van der Waals surface area contributed by atoms with Gasteiger partial charge in [0.1, 0.15) is 0 Å². The largest absolute Gasteiger partial charge is 0.389 e. The lowest BCUT2D eigenvalue weighted by Gasteiger charge is -2.11. The Labute approximate surface area is 129 Å². The topological polar surface area (TPSA) is 50.4 Å². The molecule has 0 fully saturated rings. The molecule has 1 unspecified atom stereocenters. The van der Waals surface area contributed by atoms with E-state index in [1.54, 1.807) is 6.92 Å². The summed E-state index contributed by atoms with van der Waals surface area (Å²) in [6.07, 6.45) is 1.40. The van der Waals surface area contributed by atoms with E-state index in [4.69, 9.17) is 0 Å². The van der Waals surface area contributed by atoms with E-state index in [9.17, 15) is 5.11 Å². The summed E-state index contributed by atoms with van der Waals surface area (Å²) in [6.45, 7) is 1.76. The molecule has 2 aromatic heterocycles. The Morgan fingerprint density at radius 2 is 2.10 bits per heavy atom. The molecule has 0 aliphatic heterocycles. The molecule has 0 radical (unpaired) electrons. The standard InChI is InChI=1S/C14H12BrN3OS/c1-9(19)11-8-10(15)5-6-12(11)20-14-17-16-13-4-2-3-7-18(13)14/h2-9,19H,1H3. The summed E-state index contributed by atoms with van der Waals surface area (Å²) in [5.41, 5.74) is 1.68. The van der Waals surface area contributed by atoms with Crippen molar-refractivity contribution in [2.24, 2.45) is 0 Å². The van der Waals surface area contributed by atoms with Crippen LogP contribution in [-0.2, 0) is 0 Å². The third kappa shape index (κ3) is 2.59. The van der Waals surface area contributed by atoms with E-state index in [2.05, 4.69) is 26.1 Å². The summed E-state index contributed by atoms with van der Waals surface area (Å²) >= 11 is 4.92. The normalized spacial score (nSPS) is 12.8. The van der Waals surface area contributed by atoms with Crippen LogP contribution >= 0.6 is 27.7 Å². The number of hydrogen-bond acceptors (Lipinski definition) is 4.